The maximum absolute atomic E-state index is 2.51. The largest absolute Gasteiger partial charge is 0.309 e. The van der Waals surface area contributed by atoms with Crippen molar-refractivity contribution < 1.29 is 0 Å². The topological polar surface area (TPSA) is 9.86 Å². The fourth-order valence-corrected chi connectivity index (χ4v) is 10.3. The minimum Gasteiger partial charge on any atom is -0.309 e. The zero-order valence-electron chi connectivity index (χ0n) is 36.6. The van der Waals surface area contributed by atoms with Gasteiger partial charge in [-0.05, 0) is 100 Å². The summed E-state index contributed by atoms with van der Waals surface area (Å²) in [6, 6.07) is 49.9. The zero-order valence-corrected chi connectivity index (χ0v) is 36.6. The second kappa shape index (κ2) is 14.3. The number of benzene rings is 8. The lowest BCUT2D eigenvalue weighted by Crippen LogP contribution is -2.55. The minimum atomic E-state index is 1.17. The first-order valence-corrected chi connectivity index (χ1v) is 21.4. The molecule has 274 valence electrons. The van der Waals surface area contributed by atoms with Crippen LogP contribution in [0.3, 0.4) is 0 Å². The third kappa shape index (κ3) is 5.71. The molecule has 8 aromatic carbocycles. The Morgan fingerprint density at radius 3 is 1.03 bits per heavy atom. The van der Waals surface area contributed by atoms with E-state index in [1.165, 1.54) is 143 Å². The predicted octanol–water partition coefficient (Wildman–Crippen LogP) is -4.53. The summed E-state index contributed by atoms with van der Waals surface area (Å²) < 4.78 is 4.90. The van der Waals surface area contributed by atoms with E-state index in [2.05, 4.69) is 221 Å². The van der Waals surface area contributed by atoms with E-state index in [4.69, 9.17) is 0 Å². The van der Waals surface area contributed by atoms with Crippen LogP contribution in [-0.2, 0) is 0 Å². The predicted molar refractivity (Wildman–Crippen MR) is 293 cm³/mol. The molecule has 0 saturated heterocycles. The summed E-state index contributed by atoms with van der Waals surface area (Å²) in [5.41, 5.74) is 28.6. The van der Waals surface area contributed by atoms with Gasteiger partial charge in [0.2, 0.25) is 0 Å². The number of nitrogens with zero attached hydrogens (tertiary/aromatic N) is 2. The molecule has 0 radical (unpaired) electrons. The lowest BCUT2D eigenvalue weighted by Gasteiger charge is -2.24. The molecule has 0 spiro atoms. The van der Waals surface area contributed by atoms with E-state index in [9.17, 15) is 0 Å². The molecule has 60 heavy (non-hydrogen) atoms. The first-order valence-electron chi connectivity index (χ1n) is 21.4. The van der Waals surface area contributed by atoms with E-state index in [-0.39, 0.29) is 0 Å². The van der Waals surface area contributed by atoms with Crippen molar-refractivity contribution in [2.75, 3.05) is 0 Å². The van der Waals surface area contributed by atoms with Gasteiger partial charge in [-0.2, -0.15) is 0 Å². The number of aromatic nitrogens is 2. The van der Waals surface area contributed by atoms with E-state index >= 15 is 0 Å². The Morgan fingerprint density at radius 2 is 0.600 bits per heavy atom. The summed E-state index contributed by atoms with van der Waals surface area (Å²) in [7, 11) is 22.9. The van der Waals surface area contributed by atoms with Gasteiger partial charge in [-0.25, -0.2) is 0 Å². The SMILES string of the molecule is Bc1c(B)c(B)c(-c2cc(-c3c(B)c(B)c(B)c(B)c3B)cc(-n3c4ccccc4c4cc(-c5ccc6c(c5)c5ccccc5n6-c5ccccc5)ccc43)c2)c(B)c1B. The smallest absolute Gasteiger partial charge is 0.139 e. The molecule has 0 aliphatic rings. The molecule has 12 heteroatoms. The molecule has 0 atom stereocenters. The van der Waals surface area contributed by atoms with Gasteiger partial charge in [-0.15, -0.1) is 32.8 Å². The number of hydrogen-bond donors (Lipinski definition) is 0. The maximum Gasteiger partial charge on any atom is 0.139 e. The third-order valence-corrected chi connectivity index (χ3v) is 14.4. The molecule has 0 saturated carbocycles. The molecule has 0 aliphatic carbocycles. The Kier molecular flexibility index (Phi) is 9.13. The monoisotopic (exact) mass is 756 g/mol. The molecular formula is C48H42B10N2. The zero-order chi connectivity index (χ0) is 41.7. The Morgan fingerprint density at radius 1 is 0.250 bits per heavy atom. The van der Waals surface area contributed by atoms with Crippen molar-refractivity contribution in [3.63, 3.8) is 0 Å². The number of para-hydroxylation sites is 3. The average molecular weight is 755 g/mol. The lowest BCUT2D eigenvalue weighted by molar-refractivity contribution is 1.18. The van der Waals surface area contributed by atoms with Gasteiger partial charge in [0.05, 0.1) is 22.1 Å². The van der Waals surface area contributed by atoms with Gasteiger partial charge in [0, 0.05) is 32.9 Å². The van der Waals surface area contributed by atoms with Gasteiger partial charge in [0.25, 0.3) is 0 Å². The molecule has 2 nitrogen and oxygen atoms in total. The van der Waals surface area contributed by atoms with Crippen molar-refractivity contribution in [2.45, 2.75) is 0 Å². The quantitative estimate of drug-likeness (QED) is 0.157. The second-order valence-electron chi connectivity index (χ2n) is 17.3. The highest BCUT2D eigenvalue weighted by molar-refractivity contribution is 6.70. The van der Waals surface area contributed by atoms with Crippen LogP contribution in [0.25, 0.3) is 88.4 Å². The van der Waals surface area contributed by atoms with Crippen molar-refractivity contribution in [2.24, 2.45) is 0 Å². The molecule has 2 aromatic heterocycles. The molecule has 2 heterocycles. The van der Waals surface area contributed by atoms with Gasteiger partial charge in [0.1, 0.15) is 78.5 Å². The van der Waals surface area contributed by atoms with Crippen LogP contribution in [-0.4, -0.2) is 87.6 Å². The summed E-state index contributed by atoms with van der Waals surface area (Å²) in [6.07, 6.45) is 0. The number of fused-ring (bicyclic) bond motifs is 6. The van der Waals surface area contributed by atoms with Gasteiger partial charge in [0.15, 0.2) is 0 Å². The maximum atomic E-state index is 2.51. The molecule has 0 bridgehead atoms. The van der Waals surface area contributed by atoms with Crippen LogP contribution in [0.1, 0.15) is 0 Å². The molecule has 0 unspecified atom stereocenters. The molecule has 0 fully saturated rings. The second-order valence-corrected chi connectivity index (χ2v) is 17.3. The highest BCUT2D eigenvalue weighted by atomic mass is 15.0. The first-order chi connectivity index (χ1) is 28.9. The average Bonchev–Trinajstić information content (AvgIpc) is 3.79. The molecule has 0 amide bonds. The molecule has 10 aromatic rings. The van der Waals surface area contributed by atoms with Crippen molar-refractivity contribution >= 4 is 177 Å². The van der Waals surface area contributed by atoms with Crippen molar-refractivity contribution in [1.29, 1.82) is 0 Å². The number of hydrogen-bond acceptors (Lipinski definition) is 0. The third-order valence-electron chi connectivity index (χ3n) is 14.4. The molecule has 10 rings (SSSR count). The Balaban J connectivity index is 1.22. The van der Waals surface area contributed by atoms with Crippen molar-refractivity contribution in [3.05, 3.63) is 133 Å². The van der Waals surface area contributed by atoms with Crippen LogP contribution in [0.15, 0.2) is 133 Å². The van der Waals surface area contributed by atoms with Gasteiger partial charge in [-0.1, -0.05) is 88.6 Å². The van der Waals surface area contributed by atoms with E-state index in [1.807, 2.05) is 0 Å². The normalized spacial score (nSPS) is 11.7. The highest BCUT2D eigenvalue weighted by Gasteiger charge is 2.21. The van der Waals surface area contributed by atoms with E-state index in [1.54, 1.807) is 0 Å². The van der Waals surface area contributed by atoms with Crippen LogP contribution in [0.4, 0.5) is 0 Å². The van der Waals surface area contributed by atoms with Crippen molar-refractivity contribution in [1.82, 2.24) is 9.13 Å². The van der Waals surface area contributed by atoms with Gasteiger partial charge < -0.3 is 9.13 Å². The summed E-state index contributed by atoms with van der Waals surface area (Å²) in [5, 5.41) is 5.04. The Hall–Kier alpha value is -5.99. The first kappa shape index (κ1) is 38.2. The van der Waals surface area contributed by atoms with Crippen molar-refractivity contribution in [3.8, 4) is 44.8 Å². The van der Waals surface area contributed by atoms with Crippen LogP contribution in [0.5, 0.6) is 0 Å². The van der Waals surface area contributed by atoms with E-state index < -0.39 is 0 Å². The fourth-order valence-electron chi connectivity index (χ4n) is 10.3. The molecular weight excluding hydrogens is 713 g/mol. The number of rotatable bonds is 5. The lowest BCUT2D eigenvalue weighted by atomic mass is 9.59. The van der Waals surface area contributed by atoms with Gasteiger partial charge >= 0.3 is 0 Å². The van der Waals surface area contributed by atoms with Crippen LogP contribution < -0.4 is 54.6 Å². The fraction of sp³-hybridized carbons (Fsp3) is 0. The Bertz CT molecular complexity index is 3300. The molecule has 0 N–H and O–H groups in total. The summed E-state index contributed by atoms with van der Waals surface area (Å²) >= 11 is 0. The summed E-state index contributed by atoms with van der Waals surface area (Å²) in [6.45, 7) is 0. The van der Waals surface area contributed by atoms with Crippen LogP contribution in [0.2, 0.25) is 0 Å². The Labute approximate surface area is 362 Å². The summed E-state index contributed by atoms with van der Waals surface area (Å²) in [4.78, 5) is 0. The minimum absolute atomic E-state index is 1.17. The standard InChI is InChI=1S/C48H42B10N2/c49-39-37(40(50)44(54)47(57)43(39)53)25-18-26(38-41(51)45(55)48(58)46(56)42(38)52)20-28(19-25)60-34-13-7-5-11-30(34)32-22-24(15-17-36(32)60)23-14-16-35-31(21-23)29-10-4-6-12-33(29)59(35)27-8-2-1-3-9-27/h1-22H,49-58H2. The molecule has 0 aliphatic heterocycles. The van der Waals surface area contributed by atoms with Gasteiger partial charge in [-0.3, -0.25) is 0 Å². The summed E-state index contributed by atoms with van der Waals surface area (Å²) in [5.74, 6) is 0. The highest BCUT2D eigenvalue weighted by Crippen LogP contribution is 2.39. The van der Waals surface area contributed by atoms with E-state index in [0.717, 1.165) is 0 Å². The van der Waals surface area contributed by atoms with E-state index in [0.29, 0.717) is 0 Å². The van der Waals surface area contributed by atoms with Crippen LogP contribution >= 0.6 is 0 Å². The van der Waals surface area contributed by atoms with Crippen LogP contribution in [0, 0.1) is 0 Å².